The summed E-state index contributed by atoms with van der Waals surface area (Å²) in [5.74, 6) is 1.61. The van der Waals surface area contributed by atoms with Crippen molar-refractivity contribution in [1.82, 2.24) is 19.7 Å². The SMILES string of the molecule is Cn1c(SCC(=O)Nc2ccc3nc(SCc4ccc(Br)cc4)sc3c2)nnc1-c1ccccc1Cl. The number of amides is 1. The van der Waals surface area contributed by atoms with Crippen LogP contribution in [0.3, 0.4) is 0 Å². The highest BCUT2D eigenvalue weighted by atomic mass is 79.9. The van der Waals surface area contributed by atoms with Crippen molar-refractivity contribution in [2.45, 2.75) is 15.2 Å². The van der Waals surface area contributed by atoms with E-state index >= 15 is 0 Å². The summed E-state index contributed by atoms with van der Waals surface area (Å²) in [6, 6.07) is 21.6. The molecule has 0 aliphatic carbocycles. The Hall–Kier alpha value is -2.37. The number of hydrogen-bond donors (Lipinski definition) is 1. The van der Waals surface area contributed by atoms with Crippen LogP contribution in [0.25, 0.3) is 21.6 Å². The van der Waals surface area contributed by atoms with E-state index in [0.717, 1.165) is 36.0 Å². The van der Waals surface area contributed by atoms with Gasteiger partial charge in [0.1, 0.15) is 0 Å². The van der Waals surface area contributed by atoms with Crippen LogP contribution in [0.15, 0.2) is 80.7 Å². The van der Waals surface area contributed by atoms with Gasteiger partial charge in [0.2, 0.25) is 5.91 Å². The third-order valence-corrected chi connectivity index (χ3v) is 9.32. The van der Waals surface area contributed by atoms with Crippen LogP contribution in [0.1, 0.15) is 5.56 Å². The topological polar surface area (TPSA) is 72.7 Å². The van der Waals surface area contributed by atoms with Crippen LogP contribution in [-0.2, 0) is 17.6 Å². The van der Waals surface area contributed by atoms with Gasteiger partial charge in [-0.05, 0) is 48.0 Å². The summed E-state index contributed by atoms with van der Waals surface area (Å²) in [5, 5.41) is 12.7. The number of fused-ring (bicyclic) bond motifs is 1. The summed E-state index contributed by atoms with van der Waals surface area (Å²) in [4.78, 5) is 17.3. The molecule has 2 aromatic heterocycles. The lowest BCUT2D eigenvalue weighted by Gasteiger charge is -2.06. The van der Waals surface area contributed by atoms with Crippen molar-refractivity contribution < 1.29 is 4.79 Å². The predicted molar refractivity (Wildman–Crippen MR) is 154 cm³/mol. The molecule has 6 nitrogen and oxygen atoms in total. The first kappa shape index (κ1) is 25.3. The number of carbonyl (C=O) groups is 1. The number of benzene rings is 3. The highest BCUT2D eigenvalue weighted by Crippen LogP contribution is 2.33. The fourth-order valence-electron chi connectivity index (χ4n) is 3.41. The first-order valence-electron chi connectivity index (χ1n) is 10.8. The summed E-state index contributed by atoms with van der Waals surface area (Å²) in [5.41, 5.74) is 3.72. The molecule has 182 valence electrons. The molecular formula is C25H19BrClN5OS3. The Kier molecular flexibility index (Phi) is 7.97. The molecule has 0 atom stereocenters. The van der Waals surface area contributed by atoms with Crippen LogP contribution in [0.4, 0.5) is 5.69 Å². The summed E-state index contributed by atoms with van der Waals surface area (Å²) < 4.78 is 4.96. The number of anilines is 1. The molecule has 0 saturated heterocycles. The average molecular weight is 617 g/mol. The van der Waals surface area contributed by atoms with E-state index in [9.17, 15) is 4.79 Å². The van der Waals surface area contributed by atoms with Crippen molar-refractivity contribution >= 4 is 84.2 Å². The highest BCUT2D eigenvalue weighted by molar-refractivity contribution is 9.10. The van der Waals surface area contributed by atoms with E-state index in [-0.39, 0.29) is 11.7 Å². The van der Waals surface area contributed by atoms with Crippen LogP contribution >= 0.6 is 62.4 Å². The predicted octanol–water partition coefficient (Wildman–Crippen LogP) is 7.53. The van der Waals surface area contributed by atoms with Crippen LogP contribution < -0.4 is 5.32 Å². The first-order chi connectivity index (χ1) is 17.5. The molecule has 36 heavy (non-hydrogen) atoms. The molecular weight excluding hydrogens is 598 g/mol. The molecule has 0 aliphatic heterocycles. The number of nitrogens with one attached hydrogen (secondary N) is 1. The van der Waals surface area contributed by atoms with E-state index in [4.69, 9.17) is 16.6 Å². The largest absolute Gasteiger partial charge is 0.325 e. The van der Waals surface area contributed by atoms with Crippen LogP contribution in [0.5, 0.6) is 0 Å². The van der Waals surface area contributed by atoms with Gasteiger partial charge in [-0.25, -0.2) is 4.98 Å². The molecule has 1 amide bonds. The van der Waals surface area contributed by atoms with Crippen LogP contribution in [0.2, 0.25) is 5.02 Å². The Morgan fingerprint density at radius 2 is 1.89 bits per heavy atom. The van der Waals surface area contributed by atoms with E-state index in [1.54, 1.807) is 23.1 Å². The molecule has 0 fully saturated rings. The zero-order valence-corrected chi connectivity index (χ0v) is 23.7. The van der Waals surface area contributed by atoms with Crippen molar-refractivity contribution in [2.24, 2.45) is 7.05 Å². The van der Waals surface area contributed by atoms with E-state index in [1.165, 1.54) is 17.3 Å². The summed E-state index contributed by atoms with van der Waals surface area (Å²) in [6.45, 7) is 0. The average Bonchev–Trinajstić information content (AvgIpc) is 3.45. The lowest BCUT2D eigenvalue weighted by Crippen LogP contribution is -2.14. The fourth-order valence-corrected chi connectivity index (χ4v) is 6.67. The minimum Gasteiger partial charge on any atom is -0.325 e. The maximum absolute atomic E-state index is 12.6. The number of rotatable bonds is 8. The third kappa shape index (κ3) is 5.95. The Morgan fingerprint density at radius 1 is 1.08 bits per heavy atom. The van der Waals surface area contributed by atoms with Gasteiger partial charge in [0.05, 0.1) is 21.0 Å². The van der Waals surface area contributed by atoms with Crippen molar-refractivity contribution in [1.29, 1.82) is 0 Å². The first-order valence-corrected chi connectivity index (χ1v) is 14.8. The highest BCUT2D eigenvalue weighted by Gasteiger charge is 2.15. The van der Waals surface area contributed by atoms with Gasteiger partial charge in [-0.2, -0.15) is 0 Å². The number of carbonyl (C=O) groups excluding carboxylic acids is 1. The smallest absolute Gasteiger partial charge is 0.234 e. The molecule has 2 heterocycles. The summed E-state index contributed by atoms with van der Waals surface area (Å²) >= 11 is 14.4. The number of hydrogen-bond acceptors (Lipinski definition) is 7. The van der Waals surface area contributed by atoms with Crippen LogP contribution in [-0.4, -0.2) is 31.4 Å². The Morgan fingerprint density at radius 3 is 2.69 bits per heavy atom. The normalized spacial score (nSPS) is 11.2. The Labute approximate surface area is 234 Å². The maximum atomic E-state index is 12.6. The zero-order valence-electron chi connectivity index (χ0n) is 18.9. The van der Waals surface area contributed by atoms with Gasteiger partial charge in [-0.3, -0.25) is 4.79 Å². The number of aromatic nitrogens is 4. The van der Waals surface area contributed by atoms with Crippen molar-refractivity contribution in [3.05, 3.63) is 81.8 Å². The van der Waals surface area contributed by atoms with Gasteiger partial charge in [0.15, 0.2) is 15.3 Å². The molecule has 0 bridgehead atoms. The van der Waals surface area contributed by atoms with E-state index in [0.29, 0.717) is 16.0 Å². The van der Waals surface area contributed by atoms with E-state index in [1.807, 2.05) is 66.2 Å². The molecule has 0 radical (unpaired) electrons. The molecule has 11 heteroatoms. The van der Waals surface area contributed by atoms with Gasteiger partial charge in [0.25, 0.3) is 0 Å². The van der Waals surface area contributed by atoms with E-state index < -0.39 is 0 Å². The maximum Gasteiger partial charge on any atom is 0.234 e. The van der Waals surface area contributed by atoms with Crippen LogP contribution in [0, 0.1) is 0 Å². The van der Waals surface area contributed by atoms with Gasteiger partial charge < -0.3 is 9.88 Å². The number of thiazole rings is 1. The molecule has 0 unspecified atom stereocenters. The second kappa shape index (κ2) is 11.4. The second-order valence-corrected chi connectivity index (χ2v) is 12.3. The molecule has 5 aromatic rings. The zero-order chi connectivity index (χ0) is 25.1. The molecule has 0 aliphatic rings. The third-order valence-electron chi connectivity index (χ3n) is 5.21. The molecule has 0 saturated carbocycles. The fraction of sp³-hybridized carbons (Fsp3) is 0.120. The Bertz CT molecular complexity index is 1540. The molecule has 5 rings (SSSR count). The summed E-state index contributed by atoms with van der Waals surface area (Å²) in [7, 11) is 1.86. The van der Waals surface area contributed by atoms with Gasteiger partial charge in [0, 0.05) is 28.5 Å². The van der Waals surface area contributed by atoms with Gasteiger partial charge in [-0.1, -0.05) is 75.3 Å². The lowest BCUT2D eigenvalue weighted by atomic mass is 10.2. The quantitative estimate of drug-likeness (QED) is 0.182. The standard InChI is InChI=1S/C25H19BrClN5OS3/c1-32-23(18-4-2-3-5-19(18)27)30-31-24(32)34-14-22(33)28-17-10-11-20-21(12-17)36-25(29-20)35-13-15-6-8-16(26)9-7-15/h2-12H,13-14H2,1H3,(H,28,33). The second-order valence-electron chi connectivity index (χ2n) is 7.76. The number of thioether (sulfide) groups is 2. The lowest BCUT2D eigenvalue weighted by molar-refractivity contribution is -0.113. The summed E-state index contributed by atoms with van der Waals surface area (Å²) in [6.07, 6.45) is 0. The number of nitrogens with zero attached hydrogens (tertiary/aromatic N) is 4. The monoisotopic (exact) mass is 615 g/mol. The minimum atomic E-state index is -0.115. The molecule has 1 N–H and O–H groups in total. The van der Waals surface area contributed by atoms with Crippen molar-refractivity contribution in [3.63, 3.8) is 0 Å². The Balaban J connectivity index is 1.19. The van der Waals surface area contributed by atoms with Gasteiger partial charge >= 0.3 is 0 Å². The van der Waals surface area contributed by atoms with Crippen molar-refractivity contribution in [3.8, 4) is 11.4 Å². The van der Waals surface area contributed by atoms with Gasteiger partial charge in [-0.15, -0.1) is 21.5 Å². The van der Waals surface area contributed by atoms with Crippen molar-refractivity contribution in [2.75, 3.05) is 11.1 Å². The van der Waals surface area contributed by atoms with E-state index in [2.05, 4.69) is 43.6 Å². The minimum absolute atomic E-state index is 0.115. The molecule has 0 spiro atoms. The number of halogens is 2. The molecule has 3 aromatic carbocycles.